The highest BCUT2D eigenvalue weighted by atomic mass is 16.5. The molecule has 1 aliphatic carbocycles. The van der Waals surface area contributed by atoms with Gasteiger partial charge >= 0.3 is 0 Å². The zero-order valence-electron chi connectivity index (χ0n) is 13.6. The van der Waals surface area contributed by atoms with E-state index >= 15 is 0 Å². The van der Waals surface area contributed by atoms with Crippen LogP contribution in [0.3, 0.4) is 0 Å². The van der Waals surface area contributed by atoms with Crippen LogP contribution in [0, 0.1) is 11.8 Å². The van der Waals surface area contributed by atoms with Crippen LogP contribution in [0.25, 0.3) is 0 Å². The second kappa shape index (κ2) is 8.35. The van der Waals surface area contributed by atoms with Crippen LogP contribution in [-0.4, -0.2) is 12.6 Å². The Bertz CT molecular complexity index is 453. The zero-order chi connectivity index (χ0) is 15.1. The van der Waals surface area contributed by atoms with Gasteiger partial charge in [-0.25, -0.2) is 0 Å². The second-order valence-corrected chi connectivity index (χ2v) is 6.50. The van der Waals surface area contributed by atoms with Gasteiger partial charge in [-0.2, -0.15) is 0 Å². The minimum absolute atomic E-state index is 0.508. The summed E-state index contributed by atoms with van der Waals surface area (Å²) >= 11 is 0. The number of ether oxygens (including phenoxy) is 1. The van der Waals surface area contributed by atoms with E-state index < -0.39 is 0 Å². The van der Waals surface area contributed by atoms with Crippen molar-refractivity contribution in [3.63, 3.8) is 0 Å². The monoisotopic (exact) mass is 287 g/mol. The summed E-state index contributed by atoms with van der Waals surface area (Å²) in [5.74, 6) is 1.42. The Morgan fingerprint density at radius 3 is 2.57 bits per heavy atom. The van der Waals surface area contributed by atoms with E-state index in [2.05, 4.69) is 62.5 Å². The maximum Gasteiger partial charge on any atom is 0.0720 e. The van der Waals surface area contributed by atoms with Gasteiger partial charge in [0.25, 0.3) is 0 Å². The van der Waals surface area contributed by atoms with Crippen molar-refractivity contribution < 1.29 is 4.74 Å². The molecule has 1 aromatic rings. The van der Waals surface area contributed by atoms with Crippen LogP contribution < -0.4 is 5.32 Å². The molecule has 116 valence electrons. The highest BCUT2D eigenvalue weighted by Crippen LogP contribution is 2.25. The lowest BCUT2D eigenvalue weighted by Crippen LogP contribution is -2.23. The molecule has 2 nitrogen and oxygen atoms in total. The number of allylic oxidation sites excluding steroid dienone is 2. The van der Waals surface area contributed by atoms with Gasteiger partial charge in [0, 0.05) is 12.6 Å². The van der Waals surface area contributed by atoms with Crippen LogP contribution in [0.5, 0.6) is 0 Å². The molecule has 1 aliphatic rings. The highest BCUT2D eigenvalue weighted by molar-refractivity contribution is 5.26. The first-order valence-electron chi connectivity index (χ1n) is 8.19. The molecule has 2 unspecified atom stereocenters. The fourth-order valence-corrected chi connectivity index (χ4v) is 2.74. The van der Waals surface area contributed by atoms with Gasteiger partial charge in [0.1, 0.15) is 0 Å². The van der Waals surface area contributed by atoms with E-state index in [0.717, 1.165) is 32.1 Å². The lowest BCUT2D eigenvalue weighted by molar-refractivity contribution is 0.0676. The average molecular weight is 287 g/mol. The van der Waals surface area contributed by atoms with Crippen LogP contribution in [0.2, 0.25) is 0 Å². The fourth-order valence-electron chi connectivity index (χ4n) is 2.74. The molecule has 0 amide bonds. The van der Waals surface area contributed by atoms with Crippen molar-refractivity contribution in [2.24, 2.45) is 11.8 Å². The van der Waals surface area contributed by atoms with Crippen LogP contribution >= 0.6 is 0 Å². The smallest absolute Gasteiger partial charge is 0.0720 e. The van der Waals surface area contributed by atoms with Crippen molar-refractivity contribution in [3.05, 3.63) is 47.5 Å². The molecule has 0 spiro atoms. The molecule has 2 heteroatoms. The molecule has 1 aromatic carbocycles. The zero-order valence-corrected chi connectivity index (χ0v) is 13.6. The Balaban J connectivity index is 1.83. The summed E-state index contributed by atoms with van der Waals surface area (Å²) in [6.07, 6.45) is 6.96. The molecule has 2 atom stereocenters. The maximum atomic E-state index is 6.02. The first kappa shape index (κ1) is 16.3. The van der Waals surface area contributed by atoms with Gasteiger partial charge in [-0.15, -0.1) is 0 Å². The summed E-state index contributed by atoms with van der Waals surface area (Å²) < 4.78 is 6.02. The Kier molecular flexibility index (Phi) is 6.47. The topological polar surface area (TPSA) is 21.3 Å². The predicted molar refractivity (Wildman–Crippen MR) is 89.1 cm³/mol. The molecule has 21 heavy (non-hydrogen) atoms. The van der Waals surface area contributed by atoms with E-state index in [0.29, 0.717) is 12.0 Å². The summed E-state index contributed by atoms with van der Waals surface area (Å²) in [5, 5.41) is 3.48. The Hall–Kier alpha value is -1.12. The SMILES string of the molecule is CC(C)NCc1ccccc1COCC1CC=CCC1C. The quantitative estimate of drug-likeness (QED) is 0.755. The van der Waals surface area contributed by atoms with Crippen molar-refractivity contribution in [3.8, 4) is 0 Å². The van der Waals surface area contributed by atoms with Gasteiger partial charge in [0.05, 0.1) is 13.2 Å². The molecule has 0 heterocycles. The standard InChI is InChI=1S/C19H29NO/c1-15(2)20-12-17-9-6-7-11-19(17)14-21-13-18-10-5-4-8-16(18)3/h4-7,9,11,15-16,18,20H,8,10,12-14H2,1-3H3. The molecule has 0 saturated heterocycles. The molecule has 0 aliphatic heterocycles. The lowest BCUT2D eigenvalue weighted by atomic mass is 9.85. The molecule has 0 fully saturated rings. The van der Waals surface area contributed by atoms with E-state index in [1.54, 1.807) is 0 Å². The molecule has 1 N–H and O–H groups in total. The first-order chi connectivity index (χ1) is 10.2. The summed E-state index contributed by atoms with van der Waals surface area (Å²) in [4.78, 5) is 0. The van der Waals surface area contributed by atoms with E-state index in [-0.39, 0.29) is 0 Å². The highest BCUT2D eigenvalue weighted by Gasteiger charge is 2.18. The molecule has 0 aromatic heterocycles. The van der Waals surface area contributed by atoms with Crippen LogP contribution in [-0.2, 0) is 17.9 Å². The lowest BCUT2D eigenvalue weighted by Gasteiger charge is -2.25. The van der Waals surface area contributed by atoms with Crippen LogP contribution in [0.15, 0.2) is 36.4 Å². The largest absolute Gasteiger partial charge is 0.376 e. The summed E-state index contributed by atoms with van der Waals surface area (Å²) in [7, 11) is 0. The van der Waals surface area contributed by atoms with Crippen LogP contribution in [0.4, 0.5) is 0 Å². The second-order valence-electron chi connectivity index (χ2n) is 6.50. The van der Waals surface area contributed by atoms with Gasteiger partial charge in [-0.1, -0.05) is 57.2 Å². The van der Waals surface area contributed by atoms with Gasteiger partial charge in [-0.3, -0.25) is 0 Å². The van der Waals surface area contributed by atoms with Crippen molar-refractivity contribution >= 4 is 0 Å². The Labute approximate surface area is 129 Å². The summed E-state index contributed by atoms with van der Waals surface area (Å²) in [6, 6.07) is 9.09. The number of nitrogens with one attached hydrogen (secondary N) is 1. The van der Waals surface area contributed by atoms with Crippen molar-refractivity contribution in [1.82, 2.24) is 5.32 Å². The van der Waals surface area contributed by atoms with E-state index in [1.165, 1.54) is 17.5 Å². The Morgan fingerprint density at radius 1 is 1.14 bits per heavy atom. The van der Waals surface area contributed by atoms with Crippen molar-refractivity contribution in [2.75, 3.05) is 6.61 Å². The van der Waals surface area contributed by atoms with E-state index in [4.69, 9.17) is 4.74 Å². The normalized spacial score (nSPS) is 21.9. The number of benzene rings is 1. The Morgan fingerprint density at radius 2 is 1.86 bits per heavy atom. The minimum Gasteiger partial charge on any atom is -0.376 e. The van der Waals surface area contributed by atoms with Gasteiger partial charge in [0.2, 0.25) is 0 Å². The van der Waals surface area contributed by atoms with Gasteiger partial charge in [-0.05, 0) is 35.8 Å². The first-order valence-corrected chi connectivity index (χ1v) is 8.19. The van der Waals surface area contributed by atoms with Crippen molar-refractivity contribution in [1.29, 1.82) is 0 Å². The minimum atomic E-state index is 0.508. The third-order valence-electron chi connectivity index (χ3n) is 4.33. The number of hydrogen-bond donors (Lipinski definition) is 1. The van der Waals surface area contributed by atoms with Gasteiger partial charge in [0.15, 0.2) is 0 Å². The number of rotatable bonds is 7. The third kappa shape index (κ3) is 5.29. The van der Waals surface area contributed by atoms with E-state index in [1.807, 2.05) is 0 Å². The summed E-state index contributed by atoms with van der Waals surface area (Å²) in [6.45, 7) is 9.20. The molecular weight excluding hydrogens is 258 g/mol. The average Bonchev–Trinajstić information content (AvgIpc) is 2.48. The number of hydrogen-bond acceptors (Lipinski definition) is 2. The van der Waals surface area contributed by atoms with Crippen molar-refractivity contribution in [2.45, 2.75) is 52.8 Å². The summed E-state index contributed by atoms with van der Waals surface area (Å²) in [5.41, 5.74) is 2.66. The fraction of sp³-hybridized carbons (Fsp3) is 0.579. The molecule has 0 saturated carbocycles. The van der Waals surface area contributed by atoms with Crippen LogP contribution in [0.1, 0.15) is 44.7 Å². The molecular formula is C19H29NO. The predicted octanol–water partition coefficient (Wildman–Crippen LogP) is 4.30. The van der Waals surface area contributed by atoms with E-state index in [9.17, 15) is 0 Å². The third-order valence-corrected chi connectivity index (χ3v) is 4.33. The van der Waals surface area contributed by atoms with Gasteiger partial charge < -0.3 is 10.1 Å². The molecule has 0 radical (unpaired) electrons. The molecule has 0 bridgehead atoms. The maximum absolute atomic E-state index is 6.02. The molecule has 2 rings (SSSR count).